The Kier molecular flexibility index (Phi) is 4.31. The molecule has 2 aromatic rings. The predicted octanol–water partition coefficient (Wildman–Crippen LogP) is 2.99. The van der Waals surface area contributed by atoms with Crippen molar-refractivity contribution < 1.29 is 4.39 Å². The van der Waals surface area contributed by atoms with E-state index in [1.54, 1.807) is 12.1 Å². The van der Waals surface area contributed by atoms with Gasteiger partial charge in [-0.05, 0) is 49.6 Å². The number of H-pyrrole nitrogens is 1. The van der Waals surface area contributed by atoms with Crippen LogP contribution in [0.25, 0.3) is 10.9 Å². The van der Waals surface area contributed by atoms with Crippen molar-refractivity contribution in [2.45, 2.75) is 25.4 Å². The van der Waals surface area contributed by atoms with Crippen molar-refractivity contribution in [3.05, 3.63) is 46.0 Å². The monoisotopic (exact) mass is 306 g/mol. The molecule has 1 aliphatic rings. The van der Waals surface area contributed by atoms with Gasteiger partial charge in [-0.2, -0.15) is 11.8 Å². The lowest BCUT2D eigenvalue weighted by atomic mass is 10.1. The first-order valence-corrected chi connectivity index (χ1v) is 8.38. The van der Waals surface area contributed by atoms with E-state index in [0.717, 1.165) is 12.2 Å². The van der Waals surface area contributed by atoms with Gasteiger partial charge in [0.25, 0.3) is 0 Å². The number of nitrogens with one attached hydrogen (secondary N) is 1. The second-order valence-electron chi connectivity index (χ2n) is 5.61. The summed E-state index contributed by atoms with van der Waals surface area (Å²) in [4.78, 5) is 17.7. The van der Waals surface area contributed by atoms with Crippen LogP contribution in [-0.2, 0) is 6.54 Å². The topological polar surface area (TPSA) is 36.1 Å². The Morgan fingerprint density at radius 1 is 1.33 bits per heavy atom. The number of thioether (sulfide) groups is 1. The van der Waals surface area contributed by atoms with Crippen LogP contribution in [0.3, 0.4) is 0 Å². The van der Waals surface area contributed by atoms with Crippen LogP contribution in [0.4, 0.5) is 4.39 Å². The summed E-state index contributed by atoms with van der Waals surface area (Å²) in [6.07, 6.45) is 2.40. The van der Waals surface area contributed by atoms with Crippen LogP contribution in [0.5, 0.6) is 0 Å². The Labute approximate surface area is 127 Å². The van der Waals surface area contributed by atoms with Crippen LogP contribution < -0.4 is 5.43 Å². The van der Waals surface area contributed by atoms with Crippen LogP contribution in [0.15, 0.2) is 29.1 Å². The molecule has 1 N–H and O–H groups in total. The van der Waals surface area contributed by atoms with E-state index in [0.29, 0.717) is 16.9 Å². The number of nitrogens with zero attached hydrogens (tertiary/aromatic N) is 1. The first kappa shape index (κ1) is 14.6. The van der Waals surface area contributed by atoms with Crippen LogP contribution in [0.2, 0.25) is 0 Å². The van der Waals surface area contributed by atoms with E-state index < -0.39 is 0 Å². The molecule has 0 amide bonds. The summed E-state index contributed by atoms with van der Waals surface area (Å²) < 4.78 is 13.2. The highest BCUT2D eigenvalue weighted by Crippen LogP contribution is 2.22. The number of hydrogen-bond donors (Lipinski definition) is 1. The summed E-state index contributed by atoms with van der Waals surface area (Å²) in [5, 5.41) is 0.412. The fraction of sp³-hybridized carbons (Fsp3) is 0.438. The number of pyridine rings is 1. The molecule has 0 spiro atoms. The minimum absolute atomic E-state index is 0.120. The summed E-state index contributed by atoms with van der Waals surface area (Å²) in [7, 11) is 2.10. The molecular weight excluding hydrogens is 287 g/mol. The SMILES string of the molecule is CN(Cc1cc(=O)c2cc(F)ccc2[nH]1)C1CCSCC1. The number of benzene rings is 1. The lowest BCUT2D eigenvalue weighted by Crippen LogP contribution is -2.34. The van der Waals surface area contributed by atoms with E-state index >= 15 is 0 Å². The Hall–Kier alpha value is -1.33. The number of hydrogen-bond acceptors (Lipinski definition) is 3. The molecule has 2 heterocycles. The van der Waals surface area contributed by atoms with Gasteiger partial charge in [-0.3, -0.25) is 9.69 Å². The second-order valence-corrected chi connectivity index (χ2v) is 6.83. The van der Waals surface area contributed by atoms with Crippen LogP contribution >= 0.6 is 11.8 Å². The molecular formula is C16H19FN2OS. The zero-order valence-electron chi connectivity index (χ0n) is 12.1. The minimum Gasteiger partial charge on any atom is -0.357 e. The first-order chi connectivity index (χ1) is 10.1. The molecule has 0 radical (unpaired) electrons. The molecule has 1 aliphatic heterocycles. The van der Waals surface area contributed by atoms with Crippen molar-refractivity contribution in [1.29, 1.82) is 0 Å². The third kappa shape index (κ3) is 3.30. The van der Waals surface area contributed by atoms with E-state index in [4.69, 9.17) is 0 Å². The first-order valence-electron chi connectivity index (χ1n) is 7.23. The van der Waals surface area contributed by atoms with Gasteiger partial charge in [0.05, 0.1) is 0 Å². The Morgan fingerprint density at radius 3 is 2.86 bits per heavy atom. The van der Waals surface area contributed by atoms with Gasteiger partial charge in [0.2, 0.25) is 0 Å². The summed E-state index contributed by atoms with van der Waals surface area (Å²) >= 11 is 2.01. The zero-order valence-corrected chi connectivity index (χ0v) is 12.9. The molecule has 1 saturated heterocycles. The van der Waals surface area contributed by atoms with E-state index in [-0.39, 0.29) is 11.2 Å². The number of rotatable bonds is 3. The summed E-state index contributed by atoms with van der Waals surface area (Å²) in [6.45, 7) is 0.720. The number of fused-ring (bicyclic) bond motifs is 1. The molecule has 0 saturated carbocycles. The fourth-order valence-corrected chi connectivity index (χ4v) is 3.96. The van der Waals surface area contributed by atoms with E-state index in [2.05, 4.69) is 16.9 Å². The summed E-state index contributed by atoms with van der Waals surface area (Å²) in [5.74, 6) is 2.04. The van der Waals surface area contributed by atoms with E-state index in [9.17, 15) is 9.18 Å². The standard InChI is InChI=1S/C16H19FN2OS/c1-19(13-4-6-21-7-5-13)10-12-9-16(20)14-8-11(17)2-3-15(14)18-12/h2-3,8-9,13H,4-7,10H2,1H3,(H,18,20). The molecule has 21 heavy (non-hydrogen) atoms. The molecule has 3 nitrogen and oxygen atoms in total. The number of aromatic nitrogens is 1. The van der Waals surface area contributed by atoms with Crippen LogP contribution in [-0.4, -0.2) is 34.5 Å². The lowest BCUT2D eigenvalue weighted by Gasteiger charge is -2.30. The average Bonchev–Trinajstić information content (AvgIpc) is 2.49. The quantitative estimate of drug-likeness (QED) is 0.947. The van der Waals surface area contributed by atoms with Gasteiger partial charge in [-0.25, -0.2) is 4.39 Å². The average molecular weight is 306 g/mol. The Bertz CT molecular complexity index is 694. The Morgan fingerprint density at radius 2 is 2.10 bits per heavy atom. The molecule has 0 unspecified atom stereocenters. The largest absolute Gasteiger partial charge is 0.357 e. The van der Waals surface area contributed by atoms with Gasteiger partial charge in [0.1, 0.15) is 5.82 Å². The minimum atomic E-state index is -0.377. The highest BCUT2D eigenvalue weighted by Gasteiger charge is 2.18. The summed E-state index contributed by atoms with van der Waals surface area (Å²) in [5.41, 5.74) is 1.47. The lowest BCUT2D eigenvalue weighted by molar-refractivity contribution is 0.219. The normalized spacial score (nSPS) is 16.7. The third-order valence-corrected chi connectivity index (χ3v) is 5.13. The molecule has 1 aromatic carbocycles. The maximum absolute atomic E-state index is 13.2. The molecule has 5 heteroatoms. The molecule has 1 fully saturated rings. The van der Waals surface area contributed by atoms with Crippen molar-refractivity contribution in [3.8, 4) is 0 Å². The third-order valence-electron chi connectivity index (χ3n) is 4.08. The molecule has 3 rings (SSSR count). The maximum atomic E-state index is 13.2. The Balaban J connectivity index is 1.84. The van der Waals surface area contributed by atoms with Gasteiger partial charge < -0.3 is 4.98 Å². The van der Waals surface area contributed by atoms with Gasteiger partial charge in [-0.1, -0.05) is 0 Å². The molecule has 1 aromatic heterocycles. The summed E-state index contributed by atoms with van der Waals surface area (Å²) in [6, 6.07) is 6.48. The highest BCUT2D eigenvalue weighted by molar-refractivity contribution is 7.99. The predicted molar refractivity (Wildman–Crippen MR) is 86.3 cm³/mol. The highest BCUT2D eigenvalue weighted by atomic mass is 32.2. The number of halogens is 1. The van der Waals surface area contributed by atoms with Crippen LogP contribution in [0, 0.1) is 5.82 Å². The van der Waals surface area contributed by atoms with Crippen molar-refractivity contribution in [3.63, 3.8) is 0 Å². The van der Waals surface area contributed by atoms with E-state index in [1.807, 2.05) is 11.8 Å². The smallest absolute Gasteiger partial charge is 0.189 e. The molecule has 0 atom stereocenters. The van der Waals surface area contributed by atoms with Gasteiger partial charge in [0, 0.05) is 35.2 Å². The maximum Gasteiger partial charge on any atom is 0.189 e. The molecule has 0 bridgehead atoms. The molecule has 112 valence electrons. The van der Waals surface area contributed by atoms with Gasteiger partial charge in [0.15, 0.2) is 5.43 Å². The van der Waals surface area contributed by atoms with Crippen molar-refractivity contribution in [2.75, 3.05) is 18.6 Å². The van der Waals surface area contributed by atoms with Crippen molar-refractivity contribution >= 4 is 22.7 Å². The van der Waals surface area contributed by atoms with E-state index in [1.165, 1.54) is 36.5 Å². The zero-order chi connectivity index (χ0) is 14.8. The van der Waals surface area contributed by atoms with Crippen molar-refractivity contribution in [2.24, 2.45) is 0 Å². The molecule has 0 aliphatic carbocycles. The van der Waals surface area contributed by atoms with Crippen LogP contribution in [0.1, 0.15) is 18.5 Å². The second kappa shape index (κ2) is 6.20. The van der Waals surface area contributed by atoms with Crippen molar-refractivity contribution in [1.82, 2.24) is 9.88 Å². The fourth-order valence-electron chi connectivity index (χ4n) is 2.88. The van der Waals surface area contributed by atoms with Gasteiger partial charge >= 0.3 is 0 Å². The van der Waals surface area contributed by atoms with Gasteiger partial charge in [-0.15, -0.1) is 0 Å². The number of aromatic amines is 1.